The number of hydrogen-bond acceptors (Lipinski definition) is 6. The quantitative estimate of drug-likeness (QED) is 0.160. The third-order valence-corrected chi connectivity index (χ3v) is 20.7. The molecule has 0 unspecified atom stereocenters. The zero-order chi connectivity index (χ0) is 56.4. The summed E-state index contributed by atoms with van der Waals surface area (Å²) in [6, 6.07) is 86.0. The number of anilines is 12. The van der Waals surface area contributed by atoms with Crippen LogP contribution in [-0.2, 0) is 0 Å². The summed E-state index contributed by atoms with van der Waals surface area (Å²) in [5.41, 5.74) is 32.2. The third-order valence-electron chi connectivity index (χ3n) is 20.7. The van der Waals surface area contributed by atoms with Crippen molar-refractivity contribution in [3.63, 3.8) is 0 Å². The van der Waals surface area contributed by atoms with E-state index in [9.17, 15) is 0 Å². The van der Waals surface area contributed by atoms with Gasteiger partial charge in [-0.15, -0.1) is 0 Å². The summed E-state index contributed by atoms with van der Waals surface area (Å²) in [5, 5.41) is 10.1. The Hall–Kier alpha value is -10.1. The standard InChI is InChI=1S/C76H55B3N6/c1-80-60-29-17-15-27-56(60)77-58-39-49(32-34-62(58)84(5)75-53-26-14-11-23-48(53)41-68(80)73(75)77)54-33-36-64-72-76(54)83(4)61-30-18-16-28-57(61)78(72)70-55(37-47-22-10-13-25-52(47)74(70)85(64)6)50-42-66-71-67(43-50)82(3)65-40-46-21-8-7-20-45(46)38-59(65)79(71)69-51-24-12-9-19-44(51)31-35-63(69)81(66)2/h7-43H,1-6H3. The van der Waals surface area contributed by atoms with Gasteiger partial charge in [0.2, 0.25) is 0 Å². The molecule has 19 rings (SSSR count). The van der Waals surface area contributed by atoms with E-state index in [2.05, 4.69) is 296 Å². The highest BCUT2D eigenvalue weighted by Gasteiger charge is 2.47. The maximum atomic E-state index is 2.55. The SMILES string of the molecule is CN1c2cc3ccccc3cc2B2c3c1cc(-c1cc4ccccc4c4c1B1c5ccccc5N(C)c5c(-c6ccc7c(c6)B6c8ccccc8N(C)c8cc9ccccc9c(c86)N7C)ccc(c51)N4C)cc3N(C)c1ccc3ccccc3c12. The van der Waals surface area contributed by atoms with Crippen molar-refractivity contribution in [3.8, 4) is 22.3 Å². The minimum atomic E-state index is -0.0785. The number of rotatable bonds is 2. The summed E-state index contributed by atoms with van der Waals surface area (Å²) in [7, 11) is 13.7. The molecule has 0 aliphatic carbocycles. The van der Waals surface area contributed by atoms with Gasteiger partial charge in [-0.3, -0.25) is 0 Å². The van der Waals surface area contributed by atoms with Crippen LogP contribution >= 0.6 is 0 Å². The molecule has 6 heterocycles. The minimum Gasteiger partial charge on any atom is -0.345 e. The Morgan fingerprint density at radius 1 is 0.224 bits per heavy atom. The Kier molecular flexibility index (Phi) is 9.36. The van der Waals surface area contributed by atoms with Crippen molar-refractivity contribution in [3.05, 3.63) is 224 Å². The molecule has 0 fully saturated rings. The number of nitrogens with zero attached hydrogens (tertiary/aromatic N) is 6. The lowest BCUT2D eigenvalue weighted by molar-refractivity contribution is 1.18. The molecule has 0 amide bonds. The molecule has 0 radical (unpaired) electrons. The van der Waals surface area contributed by atoms with Gasteiger partial charge in [0.15, 0.2) is 0 Å². The molecule has 0 bridgehead atoms. The average Bonchev–Trinajstić information content (AvgIpc) is 0.768. The highest BCUT2D eigenvalue weighted by Crippen LogP contribution is 2.48. The fourth-order valence-corrected chi connectivity index (χ4v) is 17.0. The van der Waals surface area contributed by atoms with Gasteiger partial charge < -0.3 is 29.4 Å². The molecule has 85 heavy (non-hydrogen) atoms. The first-order valence-electron chi connectivity index (χ1n) is 30.0. The van der Waals surface area contributed by atoms with Gasteiger partial charge >= 0.3 is 0 Å². The zero-order valence-corrected chi connectivity index (χ0v) is 48.3. The van der Waals surface area contributed by atoms with Crippen LogP contribution in [0.2, 0.25) is 0 Å². The van der Waals surface area contributed by atoms with E-state index in [0.29, 0.717) is 0 Å². The fourth-order valence-electron chi connectivity index (χ4n) is 17.0. The van der Waals surface area contributed by atoms with Crippen LogP contribution in [-0.4, -0.2) is 62.4 Å². The van der Waals surface area contributed by atoms with E-state index in [4.69, 9.17) is 0 Å². The first-order chi connectivity index (χ1) is 41.7. The van der Waals surface area contributed by atoms with Gasteiger partial charge in [0.1, 0.15) is 0 Å². The van der Waals surface area contributed by atoms with Gasteiger partial charge in [-0.1, -0.05) is 164 Å². The largest absolute Gasteiger partial charge is 0.345 e. The van der Waals surface area contributed by atoms with Crippen LogP contribution in [0.4, 0.5) is 68.2 Å². The van der Waals surface area contributed by atoms with Crippen molar-refractivity contribution in [2.24, 2.45) is 0 Å². The molecule has 9 heteroatoms. The smallest absolute Gasteiger partial charge is 0.252 e. The molecule has 0 N–H and O–H groups in total. The highest BCUT2D eigenvalue weighted by molar-refractivity contribution is 7.03. The summed E-state index contributed by atoms with van der Waals surface area (Å²) in [4.78, 5) is 14.9. The molecular formula is C76H55B3N6. The van der Waals surface area contributed by atoms with Crippen molar-refractivity contribution in [2.75, 3.05) is 71.7 Å². The fraction of sp³-hybridized carbons (Fsp3) is 0.0789. The number of hydrogen-bond donors (Lipinski definition) is 0. The molecule has 13 aromatic rings. The van der Waals surface area contributed by atoms with E-state index in [-0.39, 0.29) is 20.1 Å². The van der Waals surface area contributed by atoms with Gasteiger partial charge in [-0.2, -0.15) is 0 Å². The zero-order valence-electron chi connectivity index (χ0n) is 48.3. The molecule has 0 spiro atoms. The summed E-state index contributed by atoms with van der Waals surface area (Å²) in [6.45, 7) is 0.00974. The first kappa shape index (κ1) is 47.4. The second-order valence-corrected chi connectivity index (χ2v) is 24.6. The van der Waals surface area contributed by atoms with Crippen molar-refractivity contribution in [2.45, 2.75) is 0 Å². The summed E-state index contributed by atoms with van der Waals surface area (Å²) >= 11 is 0. The monoisotopic (exact) mass is 1080 g/mol. The van der Waals surface area contributed by atoms with Crippen LogP contribution in [0.25, 0.3) is 65.3 Å². The second-order valence-electron chi connectivity index (χ2n) is 24.6. The van der Waals surface area contributed by atoms with E-state index in [1.54, 1.807) is 0 Å². The maximum absolute atomic E-state index is 2.55. The van der Waals surface area contributed by atoms with Crippen molar-refractivity contribution in [1.82, 2.24) is 0 Å². The van der Waals surface area contributed by atoms with Crippen LogP contribution in [0.15, 0.2) is 224 Å². The van der Waals surface area contributed by atoms with Crippen LogP contribution in [0.1, 0.15) is 0 Å². The summed E-state index contributed by atoms with van der Waals surface area (Å²) in [5.74, 6) is 0. The lowest BCUT2D eigenvalue weighted by atomic mass is 9.32. The van der Waals surface area contributed by atoms with Gasteiger partial charge in [0.05, 0.1) is 0 Å². The normalized spacial score (nSPS) is 14.5. The Morgan fingerprint density at radius 2 is 0.682 bits per heavy atom. The lowest BCUT2D eigenvalue weighted by Crippen LogP contribution is -2.62. The van der Waals surface area contributed by atoms with Crippen molar-refractivity contribution in [1.29, 1.82) is 0 Å². The molecule has 0 saturated carbocycles. The Morgan fingerprint density at radius 3 is 1.42 bits per heavy atom. The number of benzene rings is 13. The molecular weight excluding hydrogens is 1030 g/mol. The Balaban J connectivity index is 0.850. The first-order valence-corrected chi connectivity index (χ1v) is 30.0. The molecule has 0 atom stereocenters. The molecule has 6 aliphatic heterocycles. The molecule has 0 saturated heterocycles. The van der Waals surface area contributed by atoms with Gasteiger partial charge in [0.25, 0.3) is 20.1 Å². The van der Waals surface area contributed by atoms with Gasteiger partial charge in [0, 0.05) is 127 Å². The van der Waals surface area contributed by atoms with E-state index in [0.717, 1.165) is 0 Å². The van der Waals surface area contributed by atoms with Crippen LogP contribution in [0.5, 0.6) is 0 Å². The van der Waals surface area contributed by atoms with Crippen molar-refractivity contribution >= 4 is 181 Å². The molecule has 6 nitrogen and oxygen atoms in total. The van der Waals surface area contributed by atoms with E-state index in [1.165, 1.54) is 183 Å². The summed E-state index contributed by atoms with van der Waals surface area (Å²) in [6.07, 6.45) is 0. The molecule has 13 aromatic carbocycles. The lowest BCUT2D eigenvalue weighted by Gasteiger charge is -2.45. The van der Waals surface area contributed by atoms with Gasteiger partial charge in [-0.25, -0.2) is 0 Å². The summed E-state index contributed by atoms with van der Waals surface area (Å²) < 4.78 is 0. The third kappa shape index (κ3) is 6.07. The average molecular weight is 1080 g/mol. The van der Waals surface area contributed by atoms with Crippen LogP contribution < -0.4 is 78.6 Å². The Labute approximate surface area is 496 Å². The van der Waals surface area contributed by atoms with E-state index in [1.807, 2.05) is 0 Å². The minimum absolute atomic E-state index is 0.0345. The topological polar surface area (TPSA) is 19.4 Å². The van der Waals surface area contributed by atoms with E-state index >= 15 is 0 Å². The number of para-hydroxylation sites is 2. The maximum Gasteiger partial charge on any atom is 0.252 e. The molecule has 6 aliphatic rings. The highest BCUT2D eigenvalue weighted by atomic mass is 15.2. The number of fused-ring (bicyclic) bond motifs is 19. The van der Waals surface area contributed by atoms with E-state index < -0.39 is 0 Å². The Bertz CT molecular complexity index is 5210. The van der Waals surface area contributed by atoms with Crippen LogP contribution in [0, 0.1) is 0 Å². The predicted molar refractivity (Wildman–Crippen MR) is 368 cm³/mol. The van der Waals surface area contributed by atoms with Gasteiger partial charge in [-0.05, 0) is 159 Å². The van der Waals surface area contributed by atoms with Crippen molar-refractivity contribution < 1.29 is 0 Å². The van der Waals surface area contributed by atoms with Crippen LogP contribution in [0.3, 0.4) is 0 Å². The predicted octanol–water partition coefficient (Wildman–Crippen LogP) is 11.7. The molecule has 398 valence electrons. The molecule has 0 aromatic heterocycles. The second kappa shape index (κ2) is 16.8.